The Hall–Kier alpha value is -0.990. The molecule has 1 unspecified atom stereocenters. The number of benzene rings is 1. The second-order valence-electron chi connectivity index (χ2n) is 7.59. The molecule has 2 aliphatic rings. The Balaban J connectivity index is 1.58. The standard InChI is InChI=1S/C20H27ClN2/c1-2-10-22-13-20(8-3-9-20)15-5-6-16-14(11-15)4-7-18-19(16)17(21)12-23-18/h4,7,12,15,22-23H,2-3,5-6,8-11,13H2,1H3. The summed E-state index contributed by atoms with van der Waals surface area (Å²) in [7, 11) is 0. The fraction of sp³-hybridized carbons (Fsp3) is 0.600. The van der Waals surface area contributed by atoms with Crippen LogP contribution < -0.4 is 5.32 Å². The summed E-state index contributed by atoms with van der Waals surface area (Å²) in [4.78, 5) is 3.29. The summed E-state index contributed by atoms with van der Waals surface area (Å²) in [6, 6.07) is 4.55. The third-order valence-electron chi connectivity index (χ3n) is 6.33. The molecule has 1 aromatic carbocycles. The van der Waals surface area contributed by atoms with Crippen LogP contribution in [0.3, 0.4) is 0 Å². The van der Waals surface area contributed by atoms with Gasteiger partial charge in [-0.1, -0.05) is 31.0 Å². The summed E-state index contributed by atoms with van der Waals surface area (Å²) in [6.07, 6.45) is 11.1. The van der Waals surface area contributed by atoms with Crippen molar-refractivity contribution in [3.05, 3.63) is 34.5 Å². The summed E-state index contributed by atoms with van der Waals surface area (Å²) < 4.78 is 0. The van der Waals surface area contributed by atoms with Gasteiger partial charge >= 0.3 is 0 Å². The third-order valence-corrected chi connectivity index (χ3v) is 6.63. The molecule has 3 heteroatoms. The van der Waals surface area contributed by atoms with E-state index >= 15 is 0 Å². The highest BCUT2D eigenvalue weighted by Crippen LogP contribution is 2.51. The molecule has 124 valence electrons. The number of aromatic nitrogens is 1. The molecule has 1 saturated carbocycles. The first-order valence-electron chi connectivity index (χ1n) is 9.21. The Morgan fingerprint density at radius 1 is 1.35 bits per heavy atom. The lowest BCUT2D eigenvalue weighted by Crippen LogP contribution is -2.47. The number of H-pyrrole nitrogens is 1. The summed E-state index contributed by atoms with van der Waals surface area (Å²) in [6.45, 7) is 4.63. The molecule has 4 rings (SSSR count). The van der Waals surface area contributed by atoms with E-state index in [9.17, 15) is 0 Å². The predicted octanol–water partition coefficient (Wildman–Crippen LogP) is 5.10. The van der Waals surface area contributed by atoms with Crippen LogP contribution >= 0.6 is 11.6 Å². The summed E-state index contributed by atoms with van der Waals surface area (Å²) in [5, 5.41) is 5.87. The normalized spacial score (nSPS) is 22.8. The van der Waals surface area contributed by atoms with Crippen molar-refractivity contribution < 1.29 is 0 Å². The van der Waals surface area contributed by atoms with Crippen LogP contribution in [0.2, 0.25) is 5.02 Å². The van der Waals surface area contributed by atoms with Crippen LogP contribution in [0.25, 0.3) is 10.9 Å². The molecule has 2 nitrogen and oxygen atoms in total. The lowest BCUT2D eigenvalue weighted by atomic mass is 9.57. The lowest BCUT2D eigenvalue weighted by molar-refractivity contribution is 0.0400. The zero-order chi connectivity index (χ0) is 15.9. The summed E-state index contributed by atoms with van der Waals surface area (Å²) >= 11 is 6.42. The van der Waals surface area contributed by atoms with E-state index in [4.69, 9.17) is 11.6 Å². The molecule has 0 saturated heterocycles. The lowest BCUT2D eigenvalue weighted by Gasteiger charge is -2.50. The van der Waals surface area contributed by atoms with Gasteiger partial charge < -0.3 is 10.3 Å². The molecule has 2 aliphatic carbocycles. The van der Waals surface area contributed by atoms with Gasteiger partial charge in [-0.05, 0) is 73.6 Å². The largest absolute Gasteiger partial charge is 0.360 e. The van der Waals surface area contributed by atoms with Gasteiger partial charge in [-0.15, -0.1) is 0 Å². The number of fused-ring (bicyclic) bond motifs is 3. The van der Waals surface area contributed by atoms with E-state index in [0.29, 0.717) is 5.41 Å². The number of hydrogen-bond donors (Lipinski definition) is 2. The number of aromatic amines is 1. The Labute approximate surface area is 144 Å². The molecule has 0 amide bonds. The Morgan fingerprint density at radius 2 is 2.22 bits per heavy atom. The van der Waals surface area contributed by atoms with Gasteiger partial charge in [0.1, 0.15) is 0 Å². The van der Waals surface area contributed by atoms with Gasteiger partial charge in [0.15, 0.2) is 0 Å². The minimum atomic E-state index is 0.559. The Kier molecular flexibility index (Phi) is 4.15. The first-order chi connectivity index (χ1) is 11.2. The summed E-state index contributed by atoms with van der Waals surface area (Å²) in [5.41, 5.74) is 4.79. The van der Waals surface area contributed by atoms with E-state index < -0.39 is 0 Å². The van der Waals surface area contributed by atoms with Crippen molar-refractivity contribution in [2.24, 2.45) is 11.3 Å². The molecule has 1 heterocycles. The maximum absolute atomic E-state index is 6.42. The van der Waals surface area contributed by atoms with Crippen LogP contribution in [-0.4, -0.2) is 18.1 Å². The van der Waals surface area contributed by atoms with Gasteiger partial charge in [-0.25, -0.2) is 0 Å². The molecule has 0 aliphatic heterocycles. The second-order valence-corrected chi connectivity index (χ2v) is 8.00. The molecule has 2 aromatic rings. The van der Waals surface area contributed by atoms with Gasteiger partial charge in [0.2, 0.25) is 0 Å². The number of hydrogen-bond acceptors (Lipinski definition) is 1. The third kappa shape index (κ3) is 2.60. The number of nitrogens with one attached hydrogen (secondary N) is 2. The second kappa shape index (κ2) is 6.14. The highest BCUT2D eigenvalue weighted by Gasteiger charge is 2.44. The maximum Gasteiger partial charge on any atom is 0.0662 e. The van der Waals surface area contributed by atoms with Crippen LogP contribution in [0.1, 0.15) is 50.2 Å². The molecular weight excluding hydrogens is 304 g/mol. The van der Waals surface area contributed by atoms with Crippen molar-refractivity contribution in [1.29, 1.82) is 0 Å². The van der Waals surface area contributed by atoms with Crippen molar-refractivity contribution in [1.82, 2.24) is 10.3 Å². The average Bonchev–Trinajstić information content (AvgIpc) is 2.91. The number of halogens is 1. The highest BCUT2D eigenvalue weighted by atomic mass is 35.5. The Morgan fingerprint density at radius 3 is 2.96 bits per heavy atom. The Bertz CT molecular complexity index is 699. The molecule has 23 heavy (non-hydrogen) atoms. The summed E-state index contributed by atoms with van der Waals surface area (Å²) in [5.74, 6) is 0.836. The van der Waals surface area contributed by atoms with Crippen LogP contribution in [0.5, 0.6) is 0 Å². The van der Waals surface area contributed by atoms with Gasteiger partial charge in [-0.3, -0.25) is 0 Å². The van der Waals surface area contributed by atoms with E-state index in [1.54, 1.807) is 0 Å². The molecule has 1 fully saturated rings. The van der Waals surface area contributed by atoms with Crippen LogP contribution in [0.4, 0.5) is 0 Å². The van der Waals surface area contributed by atoms with Crippen LogP contribution in [0.15, 0.2) is 18.3 Å². The SMILES string of the molecule is CCCNCC1(C2CCc3c(ccc4[nH]cc(Cl)c34)C2)CCC1. The number of aryl methyl sites for hydroxylation is 1. The van der Waals surface area contributed by atoms with Crippen LogP contribution in [-0.2, 0) is 12.8 Å². The molecule has 1 aromatic heterocycles. The predicted molar refractivity (Wildman–Crippen MR) is 98.3 cm³/mol. The zero-order valence-corrected chi connectivity index (χ0v) is 14.8. The topological polar surface area (TPSA) is 27.8 Å². The van der Waals surface area contributed by atoms with Crippen molar-refractivity contribution in [2.45, 2.75) is 51.9 Å². The fourth-order valence-corrected chi connectivity index (χ4v) is 5.13. The molecule has 2 N–H and O–H groups in total. The van der Waals surface area contributed by atoms with Crippen molar-refractivity contribution >= 4 is 22.5 Å². The van der Waals surface area contributed by atoms with E-state index in [2.05, 4.69) is 29.4 Å². The zero-order valence-electron chi connectivity index (χ0n) is 14.1. The smallest absolute Gasteiger partial charge is 0.0662 e. The van der Waals surface area contributed by atoms with E-state index in [1.165, 1.54) is 73.5 Å². The maximum atomic E-state index is 6.42. The van der Waals surface area contributed by atoms with Gasteiger partial charge in [0.25, 0.3) is 0 Å². The van der Waals surface area contributed by atoms with Gasteiger partial charge in [0.05, 0.1) is 5.02 Å². The van der Waals surface area contributed by atoms with Crippen molar-refractivity contribution in [3.63, 3.8) is 0 Å². The monoisotopic (exact) mass is 330 g/mol. The molecule has 0 radical (unpaired) electrons. The van der Waals surface area contributed by atoms with Gasteiger partial charge in [-0.2, -0.15) is 0 Å². The fourth-order valence-electron chi connectivity index (χ4n) is 4.86. The van der Waals surface area contributed by atoms with Gasteiger partial charge in [0, 0.05) is 23.6 Å². The molecule has 1 atom stereocenters. The molecular formula is C20H27ClN2. The number of rotatable bonds is 5. The first-order valence-corrected chi connectivity index (χ1v) is 9.59. The molecule has 0 spiro atoms. The average molecular weight is 331 g/mol. The quantitative estimate of drug-likeness (QED) is 0.734. The first kappa shape index (κ1) is 15.5. The minimum absolute atomic E-state index is 0.559. The van der Waals surface area contributed by atoms with Crippen LogP contribution in [0, 0.1) is 11.3 Å². The van der Waals surface area contributed by atoms with E-state index in [-0.39, 0.29) is 0 Å². The highest BCUT2D eigenvalue weighted by molar-refractivity contribution is 6.35. The van der Waals surface area contributed by atoms with Crippen molar-refractivity contribution in [3.8, 4) is 0 Å². The van der Waals surface area contributed by atoms with Crippen molar-refractivity contribution in [2.75, 3.05) is 13.1 Å². The van der Waals surface area contributed by atoms with E-state index in [1.807, 2.05) is 6.20 Å². The minimum Gasteiger partial charge on any atom is -0.360 e. The van der Waals surface area contributed by atoms with E-state index in [0.717, 1.165) is 17.5 Å². The molecule has 0 bridgehead atoms.